The van der Waals surface area contributed by atoms with E-state index in [4.69, 9.17) is 0 Å². The summed E-state index contributed by atoms with van der Waals surface area (Å²) in [5, 5.41) is 4.63. The van der Waals surface area contributed by atoms with Crippen LogP contribution in [0, 0.1) is 6.92 Å². The maximum atomic E-state index is 4.28. The molecule has 3 nitrogen and oxygen atoms in total. The molecule has 4 heteroatoms. The van der Waals surface area contributed by atoms with Crippen LogP contribution < -0.4 is 5.32 Å². The van der Waals surface area contributed by atoms with Gasteiger partial charge in [-0.25, -0.2) is 4.98 Å². The Morgan fingerprint density at radius 2 is 2.16 bits per heavy atom. The first-order chi connectivity index (χ1) is 9.22. The Balaban J connectivity index is 1.75. The maximum Gasteiger partial charge on any atom is 0.109 e. The van der Waals surface area contributed by atoms with Gasteiger partial charge in [-0.3, -0.25) is 0 Å². The normalized spacial score (nSPS) is 10.8. The molecule has 0 aliphatic heterocycles. The molecule has 0 atom stereocenters. The van der Waals surface area contributed by atoms with Gasteiger partial charge >= 0.3 is 0 Å². The number of hydrogen-bond acceptors (Lipinski definition) is 2. The molecule has 3 aromatic rings. The van der Waals surface area contributed by atoms with E-state index in [0.29, 0.717) is 0 Å². The summed E-state index contributed by atoms with van der Waals surface area (Å²) in [5.41, 5.74) is 4.58. The van der Waals surface area contributed by atoms with E-state index in [1.54, 1.807) is 0 Å². The molecule has 0 fully saturated rings. The predicted octanol–water partition coefficient (Wildman–Crippen LogP) is 4.25. The summed E-state index contributed by atoms with van der Waals surface area (Å²) in [6.07, 6.45) is 3.80. The molecule has 0 amide bonds. The number of aromatic amines is 1. The first-order valence-corrected chi connectivity index (χ1v) is 6.94. The van der Waals surface area contributed by atoms with Crippen LogP contribution in [0.3, 0.4) is 0 Å². The van der Waals surface area contributed by atoms with Gasteiger partial charge in [-0.15, -0.1) is 0 Å². The number of halogens is 1. The molecule has 0 saturated carbocycles. The van der Waals surface area contributed by atoms with Crippen molar-refractivity contribution in [2.75, 3.05) is 5.32 Å². The van der Waals surface area contributed by atoms with Gasteiger partial charge in [0.05, 0.1) is 11.9 Å². The first kappa shape index (κ1) is 12.2. The van der Waals surface area contributed by atoms with Gasteiger partial charge < -0.3 is 10.3 Å². The van der Waals surface area contributed by atoms with E-state index >= 15 is 0 Å². The lowest BCUT2D eigenvalue weighted by Gasteiger charge is -2.08. The fourth-order valence-electron chi connectivity index (χ4n) is 2.06. The van der Waals surface area contributed by atoms with Crippen LogP contribution in [0.25, 0.3) is 10.9 Å². The van der Waals surface area contributed by atoms with Gasteiger partial charge in [-0.2, -0.15) is 0 Å². The molecule has 0 unspecified atom stereocenters. The van der Waals surface area contributed by atoms with Gasteiger partial charge in [0.1, 0.15) is 4.60 Å². The van der Waals surface area contributed by atoms with Crippen molar-refractivity contribution < 1.29 is 0 Å². The maximum absolute atomic E-state index is 4.28. The molecule has 2 heterocycles. The minimum absolute atomic E-state index is 0.789. The van der Waals surface area contributed by atoms with Crippen molar-refractivity contribution in [1.29, 1.82) is 0 Å². The fraction of sp³-hybridized carbons (Fsp3) is 0.133. The van der Waals surface area contributed by atoms with Crippen LogP contribution in [-0.4, -0.2) is 9.97 Å². The molecule has 2 aromatic heterocycles. The van der Waals surface area contributed by atoms with E-state index in [2.05, 4.69) is 61.5 Å². The van der Waals surface area contributed by atoms with Crippen molar-refractivity contribution in [3.63, 3.8) is 0 Å². The number of H-pyrrole nitrogens is 1. The van der Waals surface area contributed by atoms with Gasteiger partial charge in [0.25, 0.3) is 0 Å². The number of aryl methyl sites for hydroxylation is 1. The molecule has 0 bridgehead atoms. The number of anilines is 1. The zero-order valence-electron chi connectivity index (χ0n) is 10.6. The van der Waals surface area contributed by atoms with Crippen LogP contribution in [0.5, 0.6) is 0 Å². The highest BCUT2D eigenvalue weighted by Gasteiger charge is 2.00. The Labute approximate surface area is 120 Å². The summed E-state index contributed by atoms with van der Waals surface area (Å²) in [5.74, 6) is 0. The summed E-state index contributed by atoms with van der Waals surface area (Å²) in [6.45, 7) is 2.82. The third kappa shape index (κ3) is 2.63. The average molecular weight is 316 g/mol. The van der Waals surface area contributed by atoms with Crippen molar-refractivity contribution in [2.45, 2.75) is 13.5 Å². The fourth-order valence-corrected chi connectivity index (χ4v) is 2.28. The monoisotopic (exact) mass is 315 g/mol. The Bertz CT molecular complexity index is 718. The number of pyridine rings is 1. The Hall–Kier alpha value is -1.81. The number of fused-ring (bicyclic) bond motifs is 1. The lowest BCUT2D eigenvalue weighted by molar-refractivity contribution is 1.12. The summed E-state index contributed by atoms with van der Waals surface area (Å²) < 4.78 is 0.894. The molecule has 0 aliphatic rings. The second-order valence-corrected chi connectivity index (χ2v) is 5.34. The molecular formula is C15H14BrN3. The van der Waals surface area contributed by atoms with E-state index in [-0.39, 0.29) is 0 Å². The van der Waals surface area contributed by atoms with Gasteiger partial charge in [0.2, 0.25) is 0 Å². The standard InChI is InChI=1S/C15H14BrN3/c1-10-6-13(9-19-15(10)16)18-8-11-2-3-12-4-5-17-14(12)7-11/h2-7,9,17-18H,8H2,1H3. The number of nitrogens with one attached hydrogen (secondary N) is 2. The molecule has 1 aromatic carbocycles. The molecular weight excluding hydrogens is 302 g/mol. The van der Waals surface area contributed by atoms with Crippen LogP contribution in [-0.2, 0) is 6.54 Å². The summed E-state index contributed by atoms with van der Waals surface area (Å²) in [7, 11) is 0. The highest BCUT2D eigenvalue weighted by Crippen LogP contribution is 2.18. The highest BCUT2D eigenvalue weighted by atomic mass is 79.9. The minimum Gasteiger partial charge on any atom is -0.380 e. The van der Waals surface area contributed by atoms with E-state index in [9.17, 15) is 0 Å². The van der Waals surface area contributed by atoms with Gasteiger partial charge in [0, 0.05) is 18.3 Å². The summed E-state index contributed by atoms with van der Waals surface area (Å²) in [4.78, 5) is 7.51. The van der Waals surface area contributed by atoms with Crippen LogP contribution in [0.2, 0.25) is 0 Å². The Kier molecular flexibility index (Phi) is 3.25. The van der Waals surface area contributed by atoms with E-state index in [1.807, 2.05) is 19.3 Å². The number of nitrogens with zero attached hydrogens (tertiary/aromatic N) is 1. The third-order valence-electron chi connectivity index (χ3n) is 3.13. The minimum atomic E-state index is 0.789. The molecule has 0 spiro atoms. The number of aromatic nitrogens is 2. The second kappa shape index (κ2) is 5.05. The SMILES string of the molecule is Cc1cc(NCc2ccc3cc[nH]c3c2)cnc1Br. The smallest absolute Gasteiger partial charge is 0.109 e. The molecule has 0 radical (unpaired) electrons. The van der Waals surface area contributed by atoms with Crippen LogP contribution in [0.4, 0.5) is 5.69 Å². The van der Waals surface area contributed by atoms with Crippen molar-refractivity contribution in [1.82, 2.24) is 9.97 Å². The number of benzene rings is 1. The third-order valence-corrected chi connectivity index (χ3v) is 3.96. The van der Waals surface area contributed by atoms with Crippen LogP contribution in [0.1, 0.15) is 11.1 Å². The van der Waals surface area contributed by atoms with Gasteiger partial charge in [-0.05, 0) is 57.6 Å². The quantitative estimate of drug-likeness (QED) is 0.709. The zero-order chi connectivity index (χ0) is 13.2. The lowest BCUT2D eigenvalue weighted by atomic mass is 10.1. The molecule has 3 rings (SSSR count). The topological polar surface area (TPSA) is 40.7 Å². The van der Waals surface area contributed by atoms with Crippen molar-refractivity contribution >= 4 is 32.5 Å². The first-order valence-electron chi connectivity index (χ1n) is 6.14. The molecule has 0 saturated heterocycles. The number of rotatable bonds is 3. The predicted molar refractivity (Wildman–Crippen MR) is 82.3 cm³/mol. The van der Waals surface area contributed by atoms with Crippen molar-refractivity contribution in [2.24, 2.45) is 0 Å². The van der Waals surface area contributed by atoms with Gasteiger partial charge in [-0.1, -0.05) is 12.1 Å². The molecule has 0 aliphatic carbocycles. The van der Waals surface area contributed by atoms with Crippen molar-refractivity contribution in [3.05, 3.63) is 58.5 Å². The van der Waals surface area contributed by atoms with Gasteiger partial charge in [0.15, 0.2) is 0 Å². The second-order valence-electron chi connectivity index (χ2n) is 4.58. The molecule has 2 N–H and O–H groups in total. The molecule has 96 valence electrons. The largest absolute Gasteiger partial charge is 0.380 e. The van der Waals surface area contributed by atoms with Crippen LogP contribution >= 0.6 is 15.9 Å². The Morgan fingerprint density at radius 1 is 1.26 bits per heavy atom. The van der Waals surface area contributed by atoms with Crippen molar-refractivity contribution in [3.8, 4) is 0 Å². The van der Waals surface area contributed by atoms with E-state index < -0.39 is 0 Å². The van der Waals surface area contributed by atoms with E-state index in [1.165, 1.54) is 16.5 Å². The molecule has 19 heavy (non-hydrogen) atoms. The zero-order valence-corrected chi connectivity index (χ0v) is 12.2. The summed E-state index contributed by atoms with van der Waals surface area (Å²) >= 11 is 3.41. The van der Waals surface area contributed by atoms with Crippen LogP contribution in [0.15, 0.2) is 47.3 Å². The Morgan fingerprint density at radius 3 is 3.00 bits per heavy atom. The number of hydrogen-bond donors (Lipinski definition) is 2. The highest BCUT2D eigenvalue weighted by molar-refractivity contribution is 9.10. The van der Waals surface area contributed by atoms with E-state index in [0.717, 1.165) is 22.4 Å². The lowest BCUT2D eigenvalue weighted by Crippen LogP contribution is -2.00. The summed E-state index contributed by atoms with van der Waals surface area (Å²) in [6, 6.07) is 10.6. The average Bonchev–Trinajstić information content (AvgIpc) is 2.87.